The molecule has 0 unspecified atom stereocenters. The lowest BCUT2D eigenvalue weighted by molar-refractivity contribution is -0.151. The standard InChI is InChI=1S/C27H32N4O5/c1-5-35-26(33)20-10-12-30(13-11-20)24(32)16-36-27(34)21-14-23(19-8-6-18(4)7-9-19)29-25-22(21)15-28-31(25)17(2)3/h6-9,14-15,17,20H,5,10-13,16H2,1-4H3. The molecule has 1 aromatic carbocycles. The van der Waals surface area contributed by atoms with Crippen molar-refractivity contribution >= 4 is 28.9 Å². The number of nitrogens with zero attached hydrogens (tertiary/aromatic N) is 4. The van der Waals surface area contributed by atoms with Crippen LogP contribution in [0.15, 0.2) is 36.5 Å². The van der Waals surface area contributed by atoms with Gasteiger partial charge in [-0.3, -0.25) is 9.59 Å². The number of amides is 1. The molecule has 1 aliphatic rings. The van der Waals surface area contributed by atoms with E-state index in [1.165, 1.54) is 0 Å². The van der Waals surface area contributed by atoms with Gasteiger partial charge in [0.15, 0.2) is 12.3 Å². The van der Waals surface area contributed by atoms with E-state index in [0.717, 1.165) is 11.1 Å². The van der Waals surface area contributed by atoms with Gasteiger partial charge in [0, 0.05) is 24.7 Å². The van der Waals surface area contributed by atoms with E-state index in [-0.39, 0.29) is 30.4 Å². The van der Waals surface area contributed by atoms with Crippen molar-refractivity contribution in [1.82, 2.24) is 19.7 Å². The summed E-state index contributed by atoms with van der Waals surface area (Å²) in [5, 5.41) is 5.00. The molecule has 1 saturated heterocycles. The molecule has 3 heterocycles. The summed E-state index contributed by atoms with van der Waals surface area (Å²) in [6, 6.07) is 9.63. The molecule has 4 rings (SSSR count). The second-order valence-corrected chi connectivity index (χ2v) is 9.32. The number of ether oxygens (including phenoxy) is 2. The van der Waals surface area contributed by atoms with Crippen LogP contribution in [0.25, 0.3) is 22.3 Å². The van der Waals surface area contributed by atoms with Crippen molar-refractivity contribution in [3.8, 4) is 11.3 Å². The number of fused-ring (bicyclic) bond motifs is 1. The van der Waals surface area contributed by atoms with Crippen LogP contribution in [-0.2, 0) is 19.1 Å². The van der Waals surface area contributed by atoms with Crippen molar-refractivity contribution in [1.29, 1.82) is 0 Å². The number of likely N-dealkylation sites (tertiary alicyclic amines) is 1. The average Bonchev–Trinajstić information content (AvgIpc) is 3.31. The average molecular weight is 493 g/mol. The Morgan fingerprint density at radius 2 is 1.78 bits per heavy atom. The topological polar surface area (TPSA) is 104 Å². The number of benzene rings is 1. The van der Waals surface area contributed by atoms with Crippen molar-refractivity contribution in [3.05, 3.63) is 47.7 Å². The predicted octanol–water partition coefficient (Wildman–Crippen LogP) is 3.95. The molecule has 0 radical (unpaired) electrons. The van der Waals surface area contributed by atoms with Crippen LogP contribution >= 0.6 is 0 Å². The Balaban J connectivity index is 1.50. The molecule has 0 N–H and O–H groups in total. The summed E-state index contributed by atoms with van der Waals surface area (Å²) >= 11 is 0. The van der Waals surface area contributed by atoms with Crippen LogP contribution in [0.5, 0.6) is 0 Å². The van der Waals surface area contributed by atoms with Crippen LogP contribution in [0.3, 0.4) is 0 Å². The molecule has 0 saturated carbocycles. The van der Waals surface area contributed by atoms with Gasteiger partial charge in [-0.2, -0.15) is 5.10 Å². The van der Waals surface area contributed by atoms with Crippen LogP contribution in [0.4, 0.5) is 0 Å². The summed E-state index contributed by atoms with van der Waals surface area (Å²) in [4.78, 5) is 44.2. The van der Waals surface area contributed by atoms with Crippen LogP contribution in [0.2, 0.25) is 0 Å². The zero-order valence-corrected chi connectivity index (χ0v) is 21.2. The van der Waals surface area contributed by atoms with Gasteiger partial charge in [-0.15, -0.1) is 0 Å². The minimum atomic E-state index is -0.603. The molecule has 9 heteroatoms. The van der Waals surface area contributed by atoms with Crippen LogP contribution in [0, 0.1) is 12.8 Å². The molecular weight excluding hydrogens is 460 g/mol. The normalized spacial score (nSPS) is 14.3. The molecule has 0 bridgehead atoms. The Kier molecular flexibility index (Phi) is 7.67. The number of rotatable bonds is 7. The van der Waals surface area contributed by atoms with Gasteiger partial charge in [0.2, 0.25) is 0 Å². The lowest BCUT2D eigenvalue weighted by atomic mass is 9.97. The van der Waals surface area contributed by atoms with Gasteiger partial charge in [-0.05, 0) is 46.6 Å². The van der Waals surface area contributed by atoms with Gasteiger partial charge in [-0.25, -0.2) is 14.5 Å². The lowest BCUT2D eigenvalue weighted by Gasteiger charge is -2.30. The number of carbonyl (C=O) groups excluding carboxylic acids is 3. The predicted molar refractivity (Wildman–Crippen MR) is 134 cm³/mol. The van der Waals surface area contributed by atoms with Gasteiger partial charge in [0.1, 0.15) is 0 Å². The Hall–Kier alpha value is -3.75. The molecule has 1 fully saturated rings. The van der Waals surface area contributed by atoms with Gasteiger partial charge >= 0.3 is 11.9 Å². The molecule has 0 spiro atoms. The first kappa shape index (κ1) is 25.3. The summed E-state index contributed by atoms with van der Waals surface area (Å²) in [6.45, 7) is 8.61. The highest BCUT2D eigenvalue weighted by atomic mass is 16.5. The Bertz CT molecular complexity index is 1260. The number of hydrogen-bond acceptors (Lipinski definition) is 7. The van der Waals surface area contributed by atoms with Gasteiger partial charge in [0.05, 0.1) is 35.4 Å². The monoisotopic (exact) mass is 492 g/mol. The molecular formula is C27H32N4O5. The molecule has 1 aliphatic heterocycles. The molecule has 0 aliphatic carbocycles. The third kappa shape index (κ3) is 5.40. The molecule has 2 aromatic heterocycles. The third-order valence-electron chi connectivity index (χ3n) is 6.42. The van der Waals surface area contributed by atoms with Crippen molar-refractivity contribution in [2.24, 2.45) is 5.92 Å². The maximum absolute atomic E-state index is 13.2. The van der Waals surface area contributed by atoms with Crippen LogP contribution < -0.4 is 0 Å². The van der Waals surface area contributed by atoms with E-state index >= 15 is 0 Å². The molecule has 0 atom stereocenters. The van der Waals surface area contributed by atoms with Crippen LogP contribution in [-0.4, -0.2) is 63.8 Å². The SMILES string of the molecule is CCOC(=O)C1CCN(C(=O)COC(=O)c2cc(-c3ccc(C)cc3)nc3c2cnn3C(C)C)CC1. The van der Waals surface area contributed by atoms with Crippen molar-refractivity contribution in [3.63, 3.8) is 0 Å². The number of carbonyl (C=O) groups is 3. The number of hydrogen-bond donors (Lipinski definition) is 0. The number of aryl methyl sites for hydroxylation is 1. The fraction of sp³-hybridized carbons (Fsp3) is 0.444. The molecule has 9 nitrogen and oxygen atoms in total. The van der Waals surface area contributed by atoms with E-state index in [1.54, 1.807) is 28.8 Å². The van der Waals surface area contributed by atoms with E-state index in [1.807, 2.05) is 45.0 Å². The summed E-state index contributed by atoms with van der Waals surface area (Å²) < 4.78 is 12.3. The highest BCUT2D eigenvalue weighted by Crippen LogP contribution is 2.27. The molecule has 190 valence electrons. The third-order valence-corrected chi connectivity index (χ3v) is 6.42. The first-order valence-corrected chi connectivity index (χ1v) is 12.3. The van der Waals surface area contributed by atoms with E-state index in [9.17, 15) is 14.4 Å². The van der Waals surface area contributed by atoms with Crippen LogP contribution in [0.1, 0.15) is 55.6 Å². The van der Waals surface area contributed by atoms with Gasteiger partial charge < -0.3 is 14.4 Å². The van der Waals surface area contributed by atoms with Crippen molar-refractivity contribution in [2.75, 3.05) is 26.3 Å². The smallest absolute Gasteiger partial charge is 0.339 e. The fourth-order valence-electron chi connectivity index (χ4n) is 4.36. The first-order valence-electron chi connectivity index (χ1n) is 12.3. The van der Waals surface area contributed by atoms with Crippen molar-refractivity contribution in [2.45, 2.75) is 46.6 Å². The Morgan fingerprint density at radius 1 is 1.08 bits per heavy atom. The second kappa shape index (κ2) is 10.9. The zero-order chi connectivity index (χ0) is 25.8. The highest BCUT2D eigenvalue weighted by molar-refractivity contribution is 6.04. The number of aromatic nitrogens is 3. The van der Waals surface area contributed by atoms with E-state index < -0.39 is 5.97 Å². The maximum Gasteiger partial charge on any atom is 0.339 e. The molecule has 36 heavy (non-hydrogen) atoms. The van der Waals surface area contributed by atoms with Gasteiger partial charge in [-0.1, -0.05) is 29.8 Å². The lowest BCUT2D eigenvalue weighted by Crippen LogP contribution is -2.42. The number of esters is 2. The summed E-state index contributed by atoms with van der Waals surface area (Å²) in [6.07, 6.45) is 2.69. The maximum atomic E-state index is 13.2. The number of pyridine rings is 1. The summed E-state index contributed by atoms with van der Waals surface area (Å²) in [5.41, 5.74) is 3.52. The second-order valence-electron chi connectivity index (χ2n) is 9.32. The van der Waals surface area contributed by atoms with E-state index in [0.29, 0.717) is 54.8 Å². The van der Waals surface area contributed by atoms with Gasteiger partial charge in [0.25, 0.3) is 5.91 Å². The molecule has 1 amide bonds. The molecule has 3 aromatic rings. The highest BCUT2D eigenvalue weighted by Gasteiger charge is 2.29. The van der Waals surface area contributed by atoms with E-state index in [2.05, 4.69) is 5.10 Å². The number of piperidine rings is 1. The van der Waals surface area contributed by atoms with Crippen molar-refractivity contribution < 1.29 is 23.9 Å². The Labute approximate surface area is 210 Å². The summed E-state index contributed by atoms with van der Waals surface area (Å²) in [5.74, 6) is -1.30. The quantitative estimate of drug-likeness (QED) is 0.460. The van der Waals surface area contributed by atoms with E-state index in [4.69, 9.17) is 14.5 Å². The fourth-order valence-corrected chi connectivity index (χ4v) is 4.36. The summed E-state index contributed by atoms with van der Waals surface area (Å²) in [7, 11) is 0. The Morgan fingerprint density at radius 3 is 2.42 bits per heavy atom. The zero-order valence-electron chi connectivity index (χ0n) is 21.2. The minimum absolute atomic E-state index is 0.0475. The minimum Gasteiger partial charge on any atom is -0.466 e. The largest absolute Gasteiger partial charge is 0.466 e. The first-order chi connectivity index (χ1) is 17.3.